The van der Waals surface area contributed by atoms with Crippen molar-refractivity contribution in [1.82, 2.24) is 0 Å². The maximum atomic E-state index is 13.0. The Balaban J connectivity index is 1.98. The highest BCUT2D eigenvalue weighted by molar-refractivity contribution is 9.09. The quantitative estimate of drug-likeness (QED) is 0.501. The number of thioether (sulfide) groups is 1. The number of carbonyl (C=O) groups excluding carboxylic acids is 1. The third kappa shape index (κ3) is 3.80. The second-order valence-corrected chi connectivity index (χ2v) is 7.60. The maximum absolute atomic E-state index is 13.0. The number of nitrogens with zero attached hydrogens (tertiary/aromatic N) is 1. The lowest BCUT2D eigenvalue weighted by molar-refractivity contribution is -0.118. The van der Waals surface area contributed by atoms with E-state index in [-0.39, 0.29) is 11.2 Å². The van der Waals surface area contributed by atoms with E-state index in [1.54, 1.807) is 23.8 Å². The molecule has 1 unspecified atom stereocenters. The first-order chi connectivity index (χ1) is 12.2. The van der Waals surface area contributed by atoms with E-state index >= 15 is 0 Å². The van der Waals surface area contributed by atoms with Gasteiger partial charge in [0.15, 0.2) is 0 Å². The average molecular weight is 422 g/mol. The molecule has 132 valence electrons. The number of hydrogen-bond donors (Lipinski definition) is 0. The summed E-state index contributed by atoms with van der Waals surface area (Å²) in [6.07, 6.45) is 0.903. The Hall–Kier alpha value is -1.66. The lowest BCUT2D eigenvalue weighted by Gasteiger charge is -2.32. The smallest absolute Gasteiger partial charge is 0.244 e. The predicted octanol–water partition coefficient (Wildman–Crippen LogP) is 4.67. The predicted molar refractivity (Wildman–Crippen MR) is 105 cm³/mol. The minimum absolute atomic E-state index is 0.0438. The molecule has 1 amide bonds. The van der Waals surface area contributed by atoms with Crippen LogP contribution < -0.4 is 14.4 Å². The van der Waals surface area contributed by atoms with Gasteiger partial charge in [-0.05, 0) is 36.8 Å². The summed E-state index contributed by atoms with van der Waals surface area (Å²) in [4.78, 5) is 15.8. The van der Waals surface area contributed by atoms with Crippen LogP contribution in [0.3, 0.4) is 0 Å². The molecule has 1 aliphatic heterocycles. The van der Waals surface area contributed by atoms with Crippen molar-refractivity contribution >= 4 is 39.3 Å². The van der Waals surface area contributed by atoms with E-state index in [4.69, 9.17) is 9.47 Å². The molecule has 0 fully saturated rings. The van der Waals surface area contributed by atoms with Crippen molar-refractivity contribution < 1.29 is 14.3 Å². The molecule has 0 aromatic heterocycles. The van der Waals surface area contributed by atoms with Crippen LogP contribution in [0.5, 0.6) is 11.5 Å². The summed E-state index contributed by atoms with van der Waals surface area (Å²) < 4.78 is 11.3. The molecule has 0 saturated carbocycles. The highest BCUT2D eigenvalue weighted by atomic mass is 79.9. The number of amides is 1. The van der Waals surface area contributed by atoms with Crippen molar-refractivity contribution in [2.24, 2.45) is 0 Å². The maximum Gasteiger partial charge on any atom is 0.244 e. The first-order valence-electron chi connectivity index (χ1n) is 8.05. The van der Waals surface area contributed by atoms with Gasteiger partial charge in [0.1, 0.15) is 16.7 Å². The zero-order valence-corrected chi connectivity index (χ0v) is 16.6. The van der Waals surface area contributed by atoms with Crippen molar-refractivity contribution in [1.29, 1.82) is 0 Å². The van der Waals surface area contributed by atoms with Gasteiger partial charge in [0.25, 0.3) is 0 Å². The Kier molecular flexibility index (Phi) is 5.91. The topological polar surface area (TPSA) is 38.8 Å². The zero-order valence-electron chi connectivity index (χ0n) is 14.2. The van der Waals surface area contributed by atoms with E-state index in [0.717, 1.165) is 39.4 Å². The molecule has 0 N–H and O–H groups in total. The molecule has 2 aromatic carbocycles. The molecule has 3 rings (SSSR count). The summed E-state index contributed by atoms with van der Waals surface area (Å²) in [7, 11) is 3.45. The van der Waals surface area contributed by atoms with Crippen molar-refractivity contribution in [2.75, 3.05) is 31.0 Å². The number of carbonyl (C=O) groups is 1. The van der Waals surface area contributed by atoms with Gasteiger partial charge in [0.2, 0.25) is 5.91 Å². The number of methoxy groups -OCH3 is 1. The largest absolute Gasteiger partial charge is 0.497 e. The Morgan fingerprint density at radius 3 is 2.80 bits per heavy atom. The minimum Gasteiger partial charge on any atom is -0.497 e. The van der Waals surface area contributed by atoms with E-state index in [2.05, 4.69) is 15.9 Å². The molecular weight excluding hydrogens is 402 g/mol. The highest BCUT2D eigenvalue weighted by Crippen LogP contribution is 2.48. The molecule has 0 saturated heterocycles. The highest BCUT2D eigenvalue weighted by Gasteiger charge is 2.34. The van der Waals surface area contributed by atoms with Crippen LogP contribution in [0.15, 0.2) is 47.4 Å². The number of hydrogen-bond acceptors (Lipinski definition) is 4. The van der Waals surface area contributed by atoms with E-state index in [9.17, 15) is 4.79 Å². The van der Waals surface area contributed by atoms with E-state index < -0.39 is 0 Å². The molecule has 1 heterocycles. The Morgan fingerprint density at radius 1 is 1.24 bits per heavy atom. The third-order valence-corrected chi connectivity index (χ3v) is 5.91. The van der Waals surface area contributed by atoms with E-state index in [1.165, 1.54) is 0 Å². The van der Waals surface area contributed by atoms with Crippen LogP contribution in [0.25, 0.3) is 0 Å². The van der Waals surface area contributed by atoms with Gasteiger partial charge in [-0.15, -0.1) is 11.8 Å². The van der Waals surface area contributed by atoms with Crippen molar-refractivity contribution in [3.8, 4) is 11.5 Å². The summed E-state index contributed by atoms with van der Waals surface area (Å²) >= 11 is 4.97. The number of anilines is 1. The molecule has 0 radical (unpaired) electrons. The number of fused-ring (bicyclic) bond motifs is 1. The van der Waals surface area contributed by atoms with Crippen molar-refractivity contribution in [3.63, 3.8) is 0 Å². The fraction of sp³-hybridized carbons (Fsp3) is 0.316. The Labute approximate surface area is 160 Å². The first kappa shape index (κ1) is 18.1. The van der Waals surface area contributed by atoms with Gasteiger partial charge < -0.3 is 14.4 Å². The fourth-order valence-electron chi connectivity index (χ4n) is 2.73. The van der Waals surface area contributed by atoms with Crippen molar-refractivity contribution in [3.05, 3.63) is 48.0 Å². The molecular formula is C19H20BrNO3S. The van der Waals surface area contributed by atoms with Crippen molar-refractivity contribution in [2.45, 2.75) is 16.6 Å². The fourth-order valence-corrected chi connectivity index (χ4v) is 4.26. The number of rotatable bonds is 6. The van der Waals surface area contributed by atoms with Crippen LogP contribution in [0.4, 0.5) is 5.69 Å². The molecule has 1 atom stereocenters. The molecule has 0 bridgehead atoms. The second kappa shape index (κ2) is 8.15. The summed E-state index contributed by atoms with van der Waals surface area (Å²) in [5, 5.41) is 0.528. The van der Waals surface area contributed by atoms with Gasteiger partial charge in [-0.25, -0.2) is 0 Å². The number of halogens is 1. The van der Waals surface area contributed by atoms with Crippen LogP contribution in [0, 0.1) is 0 Å². The third-order valence-electron chi connectivity index (χ3n) is 4.06. The summed E-state index contributed by atoms with van der Waals surface area (Å²) in [5.41, 5.74) is 1.80. The number of benzene rings is 2. The lowest BCUT2D eigenvalue weighted by Crippen LogP contribution is -2.33. The van der Waals surface area contributed by atoms with Gasteiger partial charge in [-0.1, -0.05) is 28.1 Å². The lowest BCUT2D eigenvalue weighted by atomic mass is 10.1. The number of para-hydroxylation sites is 1. The molecule has 4 nitrogen and oxygen atoms in total. The molecule has 1 aliphatic rings. The average Bonchev–Trinajstić information content (AvgIpc) is 2.65. The van der Waals surface area contributed by atoms with Crippen LogP contribution in [-0.2, 0) is 4.79 Å². The van der Waals surface area contributed by atoms with E-state index in [1.807, 2.05) is 49.5 Å². The summed E-state index contributed by atoms with van der Waals surface area (Å²) in [6, 6.07) is 13.6. The molecule has 6 heteroatoms. The van der Waals surface area contributed by atoms with Gasteiger partial charge in [0.05, 0.1) is 19.4 Å². The van der Waals surface area contributed by atoms with Gasteiger partial charge in [0, 0.05) is 22.8 Å². The number of likely N-dealkylation sites (N-methyl/N-ethyl adjacent to an activating group) is 1. The van der Waals surface area contributed by atoms with Gasteiger partial charge in [-0.2, -0.15) is 0 Å². The Morgan fingerprint density at radius 2 is 2.04 bits per heavy atom. The minimum atomic E-state index is -0.353. The molecule has 25 heavy (non-hydrogen) atoms. The van der Waals surface area contributed by atoms with Gasteiger partial charge >= 0.3 is 0 Å². The first-order valence-corrected chi connectivity index (χ1v) is 10.1. The summed E-state index contributed by atoms with van der Waals surface area (Å²) in [5.74, 6) is 1.50. The SMILES string of the molecule is COc1ccc(OCCCBr)c(C2Sc3ccccc3N(C)C2=O)c1. The van der Waals surface area contributed by atoms with Crippen LogP contribution >= 0.6 is 27.7 Å². The molecule has 0 spiro atoms. The standard InChI is InChI=1S/C19H20BrNO3S/c1-21-15-6-3-4-7-17(15)25-18(19(21)22)14-12-13(23-2)8-9-16(14)24-11-5-10-20/h3-4,6-9,12,18H,5,10-11H2,1-2H3. The normalized spacial score (nSPS) is 16.5. The van der Waals surface area contributed by atoms with Crippen LogP contribution in [-0.4, -0.2) is 32.0 Å². The summed E-state index contributed by atoms with van der Waals surface area (Å²) in [6.45, 7) is 0.600. The number of ether oxygens (including phenoxy) is 2. The van der Waals surface area contributed by atoms with Gasteiger partial charge in [-0.3, -0.25) is 4.79 Å². The monoisotopic (exact) mass is 421 g/mol. The molecule has 0 aliphatic carbocycles. The van der Waals surface area contributed by atoms with Crippen LogP contribution in [0.2, 0.25) is 0 Å². The Bertz CT molecular complexity index is 768. The number of alkyl halides is 1. The van der Waals surface area contributed by atoms with E-state index in [0.29, 0.717) is 6.61 Å². The zero-order chi connectivity index (χ0) is 17.8. The van der Waals surface area contributed by atoms with Crippen LogP contribution in [0.1, 0.15) is 17.2 Å². The second-order valence-electron chi connectivity index (χ2n) is 5.66. The molecule has 2 aromatic rings.